The highest BCUT2D eigenvalue weighted by Gasteiger charge is 2.22. The summed E-state index contributed by atoms with van der Waals surface area (Å²) in [6.45, 7) is 5.19. The Hall–Kier alpha value is -4.04. The van der Waals surface area contributed by atoms with Gasteiger partial charge in [-0.25, -0.2) is 4.98 Å². The number of fused-ring (bicyclic) bond motifs is 3. The van der Waals surface area contributed by atoms with Gasteiger partial charge in [-0.05, 0) is 54.3 Å². The first-order valence-electron chi connectivity index (χ1n) is 11.3. The second kappa shape index (κ2) is 8.48. The molecule has 5 nitrogen and oxygen atoms in total. The van der Waals surface area contributed by atoms with E-state index in [-0.39, 0.29) is 0 Å². The van der Waals surface area contributed by atoms with E-state index in [1.165, 1.54) is 0 Å². The summed E-state index contributed by atoms with van der Waals surface area (Å²) in [5, 5.41) is 9.69. The van der Waals surface area contributed by atoms with Crippen LogP contribution in [0.5, 0.6) is 5.75 Å². The molecule has 1 aromatic heterocycles. The van der Waals surface area contributed by atoms with Crippen molar-refractivity contribution in [2.75, 3.05) is 5.73 Å². The summed E-state index contributed by atoms with van der Waals surface area (Å²) < 4.78 is 8.42. The van der Waals surface area contributed by atoms with E-state index in [1.54, 1.807) is 0 Å². The first-order valence-corrected chi connectivity index (χ1v) is 11.3. The summed E-state index contributed by atoms with van der Waals surface area (Å²) in [5.74, 6) is 1.85. The normalized spacial score (nSPS) is 14.1. The van der Waals surface area contributed by atoms with Gasteiger partial charge in [0.05, 0.1) is 17.3 Å². The van der Waals surface area contributed by atoms with Crippen molar-refractivity contribution in [1.82, 2.24) is 9.55 Å². The van der Waals surface area contributed by atoms with Crippen LogP contribution in [0.4, 0.5) is 5.69 Å². The van der Waals surface area contributed by atoms with Crippen molar-refractivity contribution in [3.8, 4) is 11.8 Å². The van der Waals surface area contributed by atoms with Gasteiger partial charge in [0.15, 0.2) is 0 Å². The van der Waals surface area contributed by atoms with Crippen molar-refractivity contribution < 1.29 is 4.74 Å². The molecule has 0 saturated heterocycles. The number of nitrogens with zero attached hydrogens (tertiary/aromatic N) is 3. The molecule has 5 heteroatoms. The second-order valence-corrected chi connectivity index (χ2v) is 8.47. The van der Waals surface area contributed by atoms with Crippen LogP contribution in [0.2, 0.25) is 0 Å². The average Bonchev–Trinajstić information content (AvgIpc) is 3.08. The van der Waals surface area contributed by atoms with E-state index < -0.39 is 0 Å². The number of hydrogen-bond acceptors (Lipinski definition) is 4. The minimum Gasteiger partial charge on any atom is -0.488 e. The third kappa shape index (κ3) is 3.64. The predicted molar refractivity (Wildman–Crippen MR) is 132 cm³/mol. The van der Waals surface area contributed by atoms with Crippen molar-refractivity contribution in [1.29, 1.82) is 5.26 Å². The van der Waals surface area contributed by atoms with E-state index in [0.717, 1.165) is 63.3 Å². The predicted octanol–water partition coefficient (Wildman–Crippen LogP) is 5.86. The van der Waals surface area contributed by atoms with Crippen LogP contribution in [0.1, 0.15) is 48.3 Å². The number of nitriles is 1. The van der Waals surface area contributed by atoms with E-state index >= 15 is 0 Å². The molecule has 0 aliphatic carbocycles. The Bertz CT molecular complexity index is 1440. The molecule has 0 bridgehead atoms. The second-order valence-electron chi connectivity index (χ2n) is 8.47. The van der Waals surface area contributed by atoms with Gasteiger partial charge in [0.1, 0.15) is 23.7 Å². The Balaban J connectivity index is 1.60. The summed E-state index contributed by atoms with van der Waals surface area (Å²) in [7, 11) is 0. The molecule has 0 atom stereocenters. The highest BCUT2D eigenvalue weighted by molar-refractivity contribution is 5.89. The molecule has 0 saturated carbocycles. The van der Waals surface area contributed by atoms with Crippen LogP contribution >= 0.6 is 0 Å². The van der Waals surface area contributed by atoms with E-state index in [9.17, 15) is 5.26 Å². The van der Waals surface area contributed by atoms with E-state index in [2.05, 4.69) is 41.8 Å². The molecule has 164 valence electrons. The molecular formula is C28H26N4O. The monoisotopic (exact) mass is 434 g/mol. The molecule has 3 aromatic carbocycles. The van der Waals surface area contributed by atoms with Gasteiger partial charge in [-0.1, -0.05) is 43.3 Å². The van der Waals surface area contributed by atoms with Gasteiger partial charge < -0.3 is 15.0 Å². The Labute approximate surface area is 193 Å². The fourth-order valence-electron chi connectivity index (χ4n) is 4.66. The minimum absolute atomic E-state index is 0.460. The highest BCUT2D eigenvalue weighted by Crippen LogP contribution is 2.39. The van der Waals surface area contributed by atoms with Gasteiger partial charge in [-0.2, -0.15) is 5.26 Å². The molecule has 0 spiro atoms. The SMILES string of the molecule is CCCc1nc2c(N)cccc2n1Cc1ccc2c(c1)COc1ccccc1/C2=C(\C)C#N. The number of anilines is 1. The summed E-state index contributed by atoms with van der Waals surface area (Å²) in [6.07, 6.45) is 1.91. The van der Waals surface area contributed by atoms with Crippen molar-refractivity contribution >= 4 is 22.3 Å². The maximum Gasteiger partial charge on any atom is 0.127 e. The number of allylic oxidation sites excluding steroid dienone is 1. The summed E-state index contributed by atoms with van der Waals surface area (Å²) >= 11 is 0. The largest absolute Gasteiger partial charge is 0.488 e. The molecule has 1 aliphatic rings. The van der Waals surface area contributed by atoms with E-state index in [4.69, 9.17) is 15.5 Å². The highest BCUT2D eigenvalue weighted by atomic mass is 16.5. The Morgan fingerprint density at radius 3 is 2.79 bits per heavy atom. The first kappa shape index (κ1) is 20.8. The molecule has 0 unspecified atom stereocenters. The van der Waals surface area contributed by atoms with Gasteiger partial charge in [0, 0.05) is 29.7 Å². The molecule has 5 rings (SSSR count). The molecular weight excluding hydrogens is 408 g/mol. The lowest BCUT2D eigenvalue weighted by atomic mass is 9.90. The molecule has 1 aliphatic heterocycles. The Morgan fingerprint density at radius 2 is 1.97 bits per heavy atom. The zero-order chi connectivity index (χ0) is 22.9. The Morgan fingerprint density at radius 1 is 1.12 bits per heavy atom. The lowest BCUT2D eigenvalue weighted by molar-refractivity contribution is 0.307. The fraction of sp³-hybridized carbons (Fsp3) is 0.214. The lowest BCUT2D eigenvalue weighted by Crippen LogP contribution is -2.06. The minimum atomic E-state index is 0.460. The van der Waals surface area contributed by atoms with Gasteiger partial charge in [-0.3, -0.25) is 0 Å². The van der Waals surface area contributed by atoms with Crippen LogP contribution in [0.15, 0.2) is 66.2 Å². The number of benzene rings is 3. The van der Waals surface area contributed by atoms with Crippen LogP contribution < -0.4 is 10.5 Å². The quantitative estimate of drug-likeness (QED) is 0.322. The van der Waals surface area contributed by atoms with Crippen LogP contribution in [-0.4, -0.2) is 9.55 Å². The van der Waals surface area contributed by atoms with Crippen LogP contribution in [-0.2, 0) is 19.6 Å². The number of nitrogens with two attached hydrogens (primary N) is 1. The van der Waals surface area contributed by atoms with Crippen LogP contribution in [0, 0.1) is 11.3 Å². The third-order valence-corrected chi connectivity index (χ3v) is 6.22. The molecule has 2 heterocycles. The number of rotatable bonds is 4. The number of imidazole rings is 1. The van der Waals surface area contributed by atoms with Crippen molar-refractivity contribution in [3.63, 3.8) is 0 Å². The summed E-state index contributed by atoms with van der Waals surface area (Å²) in [4.78, 5) is 4.84. The fourth-order valence-corrected chi connectivity index (χ4v) is 4.66. The van der Waals surface area contributed by atoms with Crippen molar-refractivity contribution in [2.45, 2.75) is 39.8 Å². The zero-order valence-corrected chi connectivity index (χ0v) is 18.9. The molecule has 33 heavy (non-hydrogen) atoms. The number of ether oxygens (including phenoxy) is 1. The number of hydrogen-bond donors (Lipinski definition) is 1. The van der Waals surface area contributed by atoms with Crippen LogP contribution in [0.3, 0.4) is 0 Å². The van der Waals surface area contributed by atoms with E-state index in [0.29, 0.717) is 24.4 Å². The molecule has 0 radical (unpaired) electrons. The summed E-state index contributed by atoms with van der Waals surface area (Å²) in [5.41, 5.74) is 14.7. The number of aryl methyl sites for hydroxylation is 1. The first-order chi connectivity index (χ1) is 16.1. The molecule has 0 fully saturated rings. The van der Waals surface area contributed by atoms with Gasteiger partial charge in [0.25, 0.3) is 0 Å². The van der Waals surface area contributed by atoms with Gasteiger partial charge in [-0.15, -0.1) is 0 Å². The van der Waals surface area contributed by atoms with Crippen LogP contribution in [0.25, 0.3) is 16.6 Å². The molecule has 4 aromatic rings. The van der Waals surface area contributed by atoms with E-state index in [1.807, 2.05) is 43.3 Å². The topological polar surface area (TPSA) is 76.9 Å². The average molecular weight is 435 g/mol. The molecule has 0 amide bonds. The maximum absolute atomic E-state index is 9.69. The molecule has 2 N–H and O–H groups in total. The third-order valence-electron chi connectivity index (χ3n) is 6.22. The lowest BCUT2D eigenvalue weighted by Gasteiger charge is -2.14. The van der Waals surface area contributed by atoms with Crippen molar-refractivity contribution in [3.05, 3.63) is 94.3 Å². The number of aromatic nitrogens is 2. The maximum atomic E-state index is 9.69. The van der Waals surface area contributed by atoms with Gasteiger partial charge >= 0.3 is 0 Å². The zero-order valence-electron chi connectivity index (χ0n) is 18.9. The number of para-hydroxylation sites is 2. The smallest absolute Gasteiger partial charge is 0.127 e. The number of nitrogen functional groups attached to an aromatic ring is 1. The standard InChI is InChI=1S/C28H26N4O/c1-3-7-26-31-28-23(30)9-6-10-24(28)32(26)16-19-12-13-21-20(14-19)17-33-25-11-5-4-8-22(25)27(21)18(2)15-29/h4-6,8-14H,3,7,16-17,30H2,1-2H3/b27-18+. The Kier molecular flexibility index (Phi) is 5.35. The van der Waals surface area contributed by atoms with Crippen molar-refractivity contribution in [2.24, 2.45) is 0 Å². The summed E-state index contributed by atoms with van der Waals surface area (Å²) in [6, 6.07) is 22.7. The van der Waals surface area contributed by atoms with Gasteiger partial charge in [0.2, 0.25) is 0 Å².